The number of hydrogen-bond donors (Lipinski definition) is 2. The van der Waals surface area contributed by atoms with Gasteiger partial charge in [0.1, 0.15) is 5.75 Å². The van der Waals surface area contributed by atoms with Crippen molar-refractivity contribution in [3.05, 3.63) is 59.9 Å². The highest BCUT2D eigenvalue weighted by Gasteiger charge is 2.22. The van der Waals surface area contributed by atoms with E-state index in [4.69, 9.17) is 15.2 Å². The second-order valence-electron chi connectivity index (χ2n) is 6.66. The topological polar surface area (TPSA) is 85.0 Å². The van der Waals surface area contributed by atoms with Gasteiger partial charge >= 0.3 is 0 Å². The van der Waals surface area contributed by atoms with Crippen LogP contribution in [0.2, 0.25) is 0 Å². The molecule has 0 aliphatic carbocycles. The number of ether oxygens (including phenoxy) is 2. The number of pyridine rings is 1. The highest BCUT2D eigenvalue weighted by Crippen LogP contribution is 2.24. The highest BCUT2D eigenvalue weighted by molar-refractivity contribution is 5.77. The predicted molar refractivity (Wildman–Crippen MR) is 111 cm³/mol. The summed E-state index contributed by atoms with van der Waals surface area (Å²) >= 11 is 0. The van der Waals surface area contributed by atoms with Gasteiger partial charge in [-0.15, -0.1) is 0 Å². The van der Waals surface area contributed by atoms with Crippen LogP contribution in [0.4, 0.5) is 0 Å². The lowest BCUT2D eigenvalue weighted by molar-refractivity contribution is 0.0180. The Morgan fingerprint density at radius 3 is 2.71 bits per heavy atom. The Labute approximate surface area is 166 Å². The minimum atomic E-state index is 0.158. The zero-order chi connectivity index (χ0) is 19.6. The van der Waals surface area contributed by atoms with Crippen LogP contribution in [0, 0.1) is 0 Å². The smallest absolute Gasteiger partial charge is 0.188 e. The lowest BCUT2D eigenvalue weighted by Crippen LogP contribution is -2.41. The van der Waals surface area contributed by atoms with Crippen LogP contribution in [0.15, 0.2) is 53.7 Å². The molecule has 0 bridgehead atoms. The van der Waals surface area contributed by atoms with Crippen molar-refractivity contribution in [2.75, 3.05) is 46.5 Å². The number of morpholine rings is 1. The molecule has 150 valence electrons. The second kappa shape index (κ2) is 10.6. The molecule has 0 amide bonds. The SMILES string of the molecule is COc1ccc(C(CN=C(N)NCCc2ccccn2)N2CCOCC2)cc1. The molecule has 2 aromatic rings. The van der Waals surface area contributed by atoms with E-state index in [9.17, 15) is 0 Å². The molecule has 0 radical (unpaired) electrons. The average Bonchev–Trinajstić information content (AvgIpc) is 2.76. The van der Waals surface area contributed by atoms with Gasteiger partial charge in [-0.25, -0.2) is 0 Å². The molecule has 1 unspecified atom stereocenters. The molecule has 7 heteroatoms. The summed E-state index contributed by atoms with van der Waals surface area (Å²) in [6, 6.07) is 14.2. The summed E-state index contributed by atoms with van der Waals surface area (Å²) in [7, 11) is 1.68. The Bertz CT molecular complexity index is 730. The number of benzene rings is 1. The largest absolute Gasteiger partial charge is 0.497 e. The molecule has 1 aromatic heterocycles. The molecule has 0 spiro atoms. The molecule has 3 N–H and O–H groups in total. The van der Waals surface area contributed by atoms with Crippen molar-refractivity contribution in [2.45, 2.75) is 12.5 Å². The van der Waals surface area contributed by atoms with E-state index < -0.39 is 0 Å². The van der Waals surface area contributed by atoms with Crippen molar-refractivity contribution >= 4 is 5.96 Å². The normalized spacial score (nSPS) is 16.5. The maximum atomic E-state index is 6.09. The van der Waals surface area contributed by atoms with E-state index in [0.29, 0.717) is 19.0 Å². The molecule has 0 saturated carbocycles. The lowest BCUT2D eigenvalue weighted by Gasteiger charge is -2.34. The fourth-order valence-corrected chi connectivity index (χ4v) is 3.25. The third-order valence-electron chi connectivity index (χ3n) is 4.83. The van der Waals surface area contributed by atoms with Gasteiger partial charge in [-0.2, -0.15) is 0 Å². The molecular weight excluding hydrogens is 354 g/mol. The van der Waals surface area contributed by atoms with E-state index in [1.54, 1.807) is 13.3 Å². The van der Waals surface area contributed by atoms with Gasteiger partial charge in [0, 0.05) is 37.9 Å². The Morgan fingerprint density at radius 1 is 1.25 bits per heavy atom. The molecule has 1 atom stereocenters. The first-order valence-corrected chi connectivity index (χ1v) is 9.65. The standard InChI is InChI=1S/C21H29N5O2/c1-27-19-7-5-17(6-8-19)20(26-12-14-28-15-13-26)16-25-21(22)24-11-9-18-4-2-3-10-23-18/h2-8,10,20H,9,11-16H2,1H3,(H3,22,24,25). The fourth-order valence-electron chi connectivity index (χ4n) is 3.25. The van der Waals surface area contributed by atoms with Crippen molar-refractivity contribution in [3.8, 4) is 5.75 Å². The Kier molecular flexibility index (Phi) is 7.63. The zero-order valence-corrected chi connectivity index (χ0v) is 16.4. The van der Waals surface area contributed by atoms with E-state index >= 15 is 0 Å². The highest BCUT2D eigenvalue weighted by atomic mass is 16.5. The van der Waals surface area contributed by atoms with Gasteiger partial charge < -0.3 is 20.5 Å². The number of aromatic nitrogens is 1. The number of aliphatic imine (C=N–C) groups is 1. The summed E-state index contributed by atoms with van der Waals surface area (Å²) in [6.45, 7) is 4.56. The third kappa shape index (κ3) is 5.94. The molecule has 1 aromatic carbocycles. The first-order valence-electron chi connectivity index (χ1n) is 9.65. The van der Waals surface area contributed by atoms with Crippen molar-refractivity contribution < 1.29 is 9.47 Å². The Balaban J connectivity index is 1.60. The number of guanidine groups is 1. The maximum absolute atomic E-state index is 6.09. The van der Waals surface area contributed by atoms with Gasteiger partial charge in [0.2, 0.25) is 0 Å². The van der Waals surface area contributed by atoms with Crippen molar-refractivity contribution in [2.24, 2.45) is 10.7 Å². The summed E-state index contributed by atoms with van der Waals surface area (Å²) in [5, 5.41) is 3.18. The lowest BCUT2D eigenvalue weighted by atomic mass is 10.0. The van der Waals surface area contributed by atoms with Gasteiger partial charge in [-0.3, -0.25) is 14.9 Å². The first-order chi connectivity index (χ1) is 13.8. The van der Waals surface area contributed by atoms with Crippen molar-refractivity contribution in [1.29, 1.82) is 0 Å². The van der Waals surface area contributed by atoms with Crippen LogP contribution in [0.5, 0.6) is 5.75 Å². The molecule has 3 rings (SSSR count). The molecule has 28 heavy (non-hydrogen) atoms. The van der Waals surface area contributed by atoms with Crippen molar-refractivity contribution in [3.63, 3.8) is 0 Å². The monoisotopic (exact) mass is 383 g/mol. The summed E-state index contributed by atoms with van der Waals surface area (Å²) in [5.74, 6) is 1.31. The third-order valence-corrected chi connectivity index (χ3v) is 4.83. The van der Waals surface area contributed by atoms with Gasteiger partial charge in [-0.1, -0.05) is 18.2 Å². The Morgan fingerprint density at radius 2 is 2.04 bits per heavy atom. The predicted octanol–water partition coefficient (Wildman–Crippen LogP) is 1.61. The summed E-state index contributed by atoms with van der Waals surface area (Å²) in [4.78, 5) is 11.3. The number of nitrogens with zero attached hydrogens (tertiary/aromatic N) is 3. The minimum absolute atomic E-state index is 0.158. The van der Waals surface area contributed by atoms with Gasteiger partial charge in [0.25, 0.3) is 0 Å². The fraction of sp³-hybridized carbons (Fsp3) is 0.429. The van der Waals surface area contributed by atoms with Crippen LogP contribution in [-0.2, 0) is 11.2 Å². The summed E-state index contributed by atoms with van der Waals surface area (Å²) < 4.78 is 10.8. The number of nitrogens with two attached hydrogens (primary N) is 1. The van der Waals surface area contributed by atoms with E-state index in [0.717, 1.165) is 44.2 Å². The number of rotatable bonds is 8. The first kappa shape index (κ1) is 20.1. The number of hydrogen-bond acceptors (Lipinski definition) is 5. The van der Waals surface area contributed by atoms with Crippen LogP contribution >= 0.6 is 0 Å². The van der Waals surface area contributed by atoms with Crippen LogP contribution in [0.25, 0.3) is 0 Å². The molecule has 1 saturated heterocycles. The van der Waals surface area contributed by atoms with E-state index in [2.05, 4.69) is 32.3 Å². The van der Waals surface area contributed by atoms with E-state index in [-0.39, 0.29) is 6.04 Å². The average molecular weight is 383 g/mol. The minimum Gasteiger partial charge on any atom is -0.497 e. The summed E-state index contributed by atoms with van der Waals surface area (Å²) in [6.07, 6.45) is 2.61. The second-order valence-corrected chi connectivity index (χ2v) is 6.66. The molecule has 1 aliphatic heterocycles. The zero-order valence-electron chi connectivity index (χ0n) is 16.4. The number of methoxy groups -OCH3 is 1. The summed E-state index contributed by atoms with van der Waals surface area (Å²) in [5.41, 5.74) is 8.33. The van der Waals surface area contributed by atoms with Crippen LogP contribution in [-0.4, -0.2) is 62.3 Å². The van der Waals surface area contributed by atoms with Crippen LogP contribution in [0.3, 0.4) is 0 Å². The Hall–Kier alpha value is -2.64. The quantitative estimate of drug-likeness (QED) is 0.532. The van der Waals surface area contributed by atoms with Crippen LogP contribution in [0.1, 0.15) is 17.3 Å². The molecule has 1 aliphatic rings. The van der Waals surface area contributed by atoms with Crippen LogP contribution < -0.4 is 15.8 Å². The molecule has 2 heterocycles. The van der Waals surface area contributed by atoms with E-state index in [1.807, 2.05) is 30.3 Å². The van der Waals surface area contributed by atoms with Gasteiger partial charge in [0.15, 0.2) is 5.96 Å². The maximum Gasteiger partial charge on any atom is 0.188 e. The van der Waals surface area contributed by atoms with Gasteiger partial charge in [0.05, 0.1) is 32.9 Å². The van der Waals surface area contributed by atoms with Crippen molar-refractivity contribution in [1.82, 2.24) is 15.2 Å². The van der Waals surface area contributed by atoms with E-state index in [1.165, 1.54) is 5.56 Å². The molecule has 7 nitrogen and oxygen atoms in total. The molecular formula is C21H29N5O2. The molecule has 1 fully saturated rings. The number of nitrogens with one attached hydrogen (secondary N) is 1. The van der Waals surface area contributed by atoms with Gasteiger partial charge in [-0.05, 0) is 29.8 Å².